The van der Waals surface area contributed by atoms with E-state index in [1.54, 1.807) is 25.1 Å². The molecule has 1 saturated heterocycles. The number of nitrogens with one attached hydrogen (secondary N) is 2. The third-order valence-corrected chi connectivity index (χ3v) is 11.2. The number of fused-ring (bicyclic) bond motifs is 2. The van der Waals surface area contributed by atoms with E-state index in [0.29, 0.717) is 26.8 Å². The molecule has 3 atom stereocenters. The van der Waals surface area contributed by atoms with Crippen LogP contribution in [-0.4, -0.2) is 62.7 Å². The number of thiazole rings is 1. The fourth-order valence-corrected chi connectivity index (χ4v) is 8.69. The number of hydrogen-bond acceptors (Lipinski definition) is 12. The van der Waals surface area contributed by atoms with Gasteiger partial charge in [-0.1, -0.05) is 29.2 Å². The molecular formula is C32H28N4O10S3. The molecule has 17 heteroatoms. The number of rotatable bonds is 10. The number of aromatic nitrogens is 1. The number of methoxy groups -OCH3 is 1. The van der Waals surface area contributed by atoms with Gasteiger partial charge in [-0.2, -0.15) is 0 Å². The van der Waals surface area contributed by atoms with Gasteiger partial charge in [-0.05, 0) is 73.2 Å². The molecule has 14 nitrogen and oxygen atoms in total. The van der Waals surface area contributed by atoms with Crippen molar-refractivity contribution in [2.24, 2.45) is 11.1 Å². The largest absolute Gasteiger partial charge is 0.493 e. The lowest BCUT2D eigenvalue weighted by atomic mass is 9.83. The van der Waals surface area contributed by atoms with E-state index in [-0.39, 0.29) is 33.4 Å². The van der Waals surface area contributed by atoms with Crippen LogP contribution in [-0.2, 0) is 29.1 Å². The molecule has 0 bridgehead atoms. The number of aromatic amines is 1. The summed E-state index contributed by atoms with van der Waals surface area (Å²) >= 11 is 2.09. The van der Waals surface area contributed by atoms with E-state index < -0.39 is 57.4 Å². The van der Waals surface area contributed by atoms with Crippen molar-refractivity contribution < 1.29 is 41.8 Å². The minimum atomic E-state index is -3.88. The van der Waals surface area contributed by atoms with Crippen LogP contribution in [0.1, 0.15) is 33.6 Å². The fraction of sp³-hybridized carbons (Fsp3) is 0.219. The molecule has 1 aromatic heterocycles. The number of ether oxygens (including phenoxy) is 3. The Morgan fingerprint density at radius 1 is 0.980 bits per heavy atom. The maximum absolute atomic E-state index is 14.1. The number of benzene rings is 3. The van der Waals surface area contributed by atoms with Crippen LogP contribution in [0.25, 0.3) is 0 Å². The van der Waals surface area contributed by atoms with Gasteiger partial charge in [-0.15, -0.1) is 0 Å². The van der Waals surface area contributed by atoms with Gasteiger partial charge in [0.1, 0.15) is 5.25 Å². The lowest BCUT2D eigenvalue weighted by Gasteiger charge is -2.30. The first kappa shape index (κ1) is 33.9. The average molecular weight is 725 g/mol. The Morgan fingerprint density at radius 2 is 1.69 bits per heavy atom. The number of amides is 3. The molecule has 0 aliphatic carbocycles. The molecule has 3 unspecified atom stereocenters. The Bertz CT molecular complexity index is 2130. The Kier molecular flexibility index (Phi) is 9.35. The van der Waals surface area contributed by atoms with Crippen molar-refractivity contribution in [3.05, 3.63) is 92.4 Å². The molecule has 6 rings (SSSR count). The predicted molar refractivity (Wildman–Crippen MR) is 180 cm³/mol. The molecule has 3 amide bonds. The summed E-state index contributed by atoms with van der Waals surface area (Å²) in [7, 11) is -2.47. The number of nitrogens with zero attached hydrogens (tertiary/aromatic N) is 1. The van der Waals surface area contributed by atoms with Crippen molar-refractivity contribution in [3.63, 3.8) is 0 Å². The number of esters is 1. The van der Waals surface area contributed by atoms with Gasteiger partial charge in [-0.25, -0.2) is 23.3 Å². The molecule has 2 aliphatic heterocycles. The minimum Gasteiger partial charge on any atom is -0.493 e. The number of nitrogens with two attached hydrogens (primary N) is 1. The summed E-state index contributed by atoms with van der Waals surface area (Å²) in [6.07, 6.45) is 0. The van der Waals surface area contributed by atoms with E-state index in [4.69, 9.17) is 19.3 Å². The second kappa shape index (κ2) is 13.5. The number of sulfonamides is 1. The second-order valence-electron chi connectivity index (χ2n) is 10.8. The maximum Gasteiger partial charge on any atom is 0.338 e. The average Bonchev–Trinajstić information content (AvgIpc) is 3.57. The maximum atomic E-state index is 14.1. The lowest BCUT2D eigenvalue weighted by Crippen LogP contribution is -2.32. The fourth-order valence-electron chi connectivity index (χ4n) is 5.66. The second-order valence-corrected chi connectivity index (χ2v) is 14.6. The van der Waals surface area contributed by atoms with E-state index in [2.05, 4.69) is 10.3 Å². The van der Waals surface area contributed by atoms with E-state index in [1.807, 2.05) is 0 Å². The molecule has 3 heterocycles. The monoisotopic (exact) mass is 724 g/mol. The van der Waals surface area contributed by atoms with Crippen molar-refractivity contribution in [1.82, 2.24) is 4.98 Å². The summed E-state index contributed by atoms with van der Waals surface area (Å²) in [5.41, 5.74) is 1.48. The van der Waals surface area contributed by atoms with Gasteiger partial charge < -0.3 is 24.5 Å². The van der Waals surface area contributed by atoms with Gasteiger partial charge in [-0.3, -0.25) is 19.2 Å². The summed E-state index contributed by atoms with van der Waals surface area (Å²) in [4.78, 5) is 69.1. The number of hydrogen-bond donors (Lipinski definition) is 3. The molecule has 3 aromatic carbocycles. The summed E-state index contributed by atoms with van der Waals surface area (Å²) in [6, 6.07) is 16.2. The van der Waals surface area contributed by atoms with E-state index in [0.717, 1.165) is 28.0 Å². The molecule has 4 aromatic rings. The van der Waals surface area contributed by atoms with E-state index >= 15 is 0 Å². The first-order valence-corrected chi connectivity index (χ1v) is 17.9. The number of anilines is 2. The number of carbonyl (C=O) groups is 4. The third-order valence-electron chi connectivity index (χ3n) is 7.83. The molecule has 4 N–H and O–H groups in total. The third kappa shape index (κ3) is 6.69. The minimum absolute atomic E-state index is 0.102. The molecule has 2 aliphatic rings. The zero-order chi connectivity index (χ0) is 35.0. The summed E-state index contributed by atoms with van der Waals surface area (Å²) in [5, 5.41) is 7.36. The van der Waals surface area contributed by atoms with Crippen LogP contribution in [0.15, 0.2) is 81.4 Å². The summed E-state index contributed by atoms with van der Waals surface area (Å²) in [6.45, 7) is 1.47. The lowest BCUT2D eigenvalue weighted by molar-refractivity contribution is -0.122. The van der Waals surface area contributed by atoms with Gasteiger partial charge in [0.25, 0.3) is 5.91 Å². The van der Waals surface area contributed by atoms with Crippen molar-refractivity contribution >= 4 is 68.2 Å². The van der Waals surface area contributed by atoms with Gasteiger partial charge in [0.05, 0.1) is 40.8 Å². The number of imide groups is 1. The van der Waals surface area contributed by atoms with Crippen LogP contribution in [0.5, 0.6) is 11.5 Å². The normalized spacial score (nSPS) is 18.4. The summed E-state index contributed by atoms with van der Waals surface area (Å²) in [5.74, 6) is -3.09. The molecule has 0 saturated carbocycles. The predicted octanol–water partition coefficient (Wildman–Crippen LogP) is 3.08. The van der Waals surface area contributed by atoms with Gasteiger partial charge in [0, 0.05) is 16.5 Å². The molecule has 0 spiro atoms. The smallest absolute Gasteiger partial charge is 0.338 e. The highest BCUT2D eigenvalue weighted by atomic mass is 32.2. The summed E-state index contributed by atoms with van der Waals surface area (Å²) < 4.78 is 39.3. The van der Waals surface area contributed by atoms with Gasteiger partial charge >= 0.3 is 10.8 Å². The van der Waals surface area contributed by atoms with Crippen LogP contribution < -0.4 is 29.7 Å². The first-order valence-electron chi connectivity index (χ1n) is 14.7. The first-order chi connectivity index (χ1) is 23.4. The standard InChI is InChI=1S/C32H28N4O10S3/c1-3-45-31(40)16-4-9-19(10-5-16)36-29(38)25-24(26-28(35-32(41)48-26)47-27(25)30(36)39)17-6-13-21(22(14-17)44-2)46-15-23(37)34-18-7-11-20(12-8-18)49(33,42)43/h4-14,24-25,27H,3,15H2,1-2H3,(H,34,37)(H,35,41)(H2,33,42,43). The highest BCUT2D eigenvalue weighted by Crippen LogP contribution is 2.53. The van der Waals surface area contributed by atoms with Crippen LogP contribution in [0.4, 0.5) is 11.4 Å². The van der Waals surface area contributed by atoms with Gasteiger partial charge in [0.15, 0.2) is 18.1 Å². The van der Waals surface area contributed by atoms with Crippen LogP contribution in [0, 0.1) is 5.92 Å². The Morgan fingerprint density at radius 3 is 2.35 bits per heavy atom. The molecule has 254 valence electrons. The number of H-pyrrole nitrogens is 1. The number of primary sulfonamides is 1. The van der Waals surface area contributed by atoms with E-state index in [1.165, 1.54) is 55.6 Å². The topological polar surface area (TPSA) is 204 Å². The van der Waals surface area contributed by atoms with Crippen molar-refractivity contribution in [3.8, 4) is 11.5 Å². The molecular weight excluding hydrogens is 697 g/mol. The highest BCUT2D eigenvalue weighted by molar-refractivity contribution is 8.00. The molecule has 0 radical (unpaired) electrons. The zero-order valence-corrected chi connectivity index (χ0v) is 28.3. The number of carbonyl (C=O) groups excluding carboxylic acids is 4. The van der Waals surface area contributed by atoms with E-state index in [9.17, 15) is 32.4 Å². The number of thioether (sulfide) groups is 1. The van der Waals surface area contributed by atoms with Crippen molar-refractivity contribution in [1.29, 1.82) is 0 Å². The van der Waals surface area contributed by atoms with Crippen LogP contribution in [0.3, 0.4) is 0 Å². The SMILES string of the molecule is CCOC(=O)c1ccc(N2C(=O)C3Sc4[nH]c(=O)sc4C(c4ccc(OCC(=O)Nc5ccc(S(N)(=O)=O)cc5)c(OC)c4)C3C2=O)cc1. The Balaban J connectivity index is 1.24. The zero-order valence-electron chi connectivity index (χ0n) is 25.8. The van der Waals surface area contributed by atoms with Crippen molar-refractivity contribution in [2.45, 2.75) is 28.0 Å². The van der Waals surface area contributed by atoms with Crippen molar-refractivity contribution in [2.75, 3.05) is 30.5 Å². The van der Waals surface area contributed by atoms with Crippen LogP contribution in [0.2, 0.25) is 0 Å². The van der Waals surface area contributed by atoms with Crippen LogP contribution >= 0.6 is 23.1 Å². The van der Waals surface area contributed by atoms with Gasteiger partial charge in [0.2, 0.25) is 21.8 Å². The molecule has 1 fully saturated rings. The Hall–Kier alpha value is -4.97. The Labute approximate surface area is 287 Å². The molecule has 49 heavy (non-hydrogen) atoms. The highest BCUT2D eigenvalue weighted by Gasteiger charge is 2.56. The quantitative estimate of drug-likeness (QED) is 0.160.